The van der Waals surface area contributed by atoms with E-state index in [-0.39, 0.29) is 17.9 Å². The van der Waals surface area contributed by atoms with Gasteiger partial charge in [-0.3, -0.25) is 4.79 Å². The van der Waals surface area contributed by atoms with Gasteiger partial charge in [0.25, 0.3) is 0 Å². The van der Waals surface area contributed by atoms with Gasteiger partial charge in [-0.15, -0.1) is 0 Å². The summed E-state index contributed by atoms with van der Waals surface area (Å²) in [5.41, 5.74) is 1.12. The number of ether oxygens (including phenoxy) is 1. The van der Waals surface area contributed by atoms with Crippen LogP contribution < -0.4 is 4.74 Å². The summed E-state index contributed by atoms with van der Waals surface area (Å²) in [5, 5.41) is 9.19. The molecule has 1 aliphatic carbocycles. The molecule has 3 heteroatoms. The number of benzene rings is 1. The van der Waals surface area contributed by atoms with Gasteiger partial charge >= 0.3 is 5.97 Å². The summed E-state index contributed by atoms with van der Waals surface area (Å²) in [5.74, 6) is 0.121. The number of rotatable bonds is 4. The Morgan fingerprint density at radius 3 is 2.50 bits per heavy atom. The van der Waals surface area contributed by atoms with Crippen LogP contribution in [0.25, 0.3) is 0 Å². The molecule has 2 unspecified atom stereocenters. The van der Waals surface area contributed by atoms with Crippen molar-refractivity contribution in [1.82, 2.24) is 0 Å². The molecule has 0 amide bonds. The van der Waals surface area contributed by atoms with E-state index in [9.17, 15) is 9.90 Å². The molecular formula is C15H20O3. The molecule has 0 heterocycles. The molecule has 1 aliphatic rings. The summed E-state index contributed by atoms with van der Waals surface area (Å²) < 4.78 is 5.59. The second-order valence-corrected chi connectivity index (χ2v) is 5.22. The number of carboxylic acids is 1. The van der Waals surface area contributed by atoms with Crippen LogP contribution in [0.5, 0.6) is 5.75 Å². The summed E-state index contributed by atoms with van der Waals surface area (Å²) in [6.45, 7) is 3.98. The molecule has 1 fully saturated rings. The van der Waals surface area contributed by atoms with Crippen LogP contribution in [0.15, 0.2) is 24.3 Å². The Bertz CT molecular complexity index is 408. The fraction of sp³-hybridized carbons (Fsp3) is 0.533. The van der Waals surface area contributed by atoms with Crippen LogP contribution in [0.3, 0.4) is 0 Å². The highest BCUT2D eigenvalue weighted by Gasteiger charge is 2.33. The van der Waals surface area contributed by atoms with Gasteiger partial charge in [-0.05, 0) is 50.3 Å². The quantitative estimate of drug-likeness (QED) is 0.887. The predicted octanol–water partition coefficient (Wildman–Crippen LogP) is 3.44. The molecule has 0 aliphatic heterocycles. The van der Waals surface area contributed by atoms with Crippen LogP contribution in [0.1, 0.15) is 44.6 Å². The maximum Gasteiger partial charge on any atom is 0.307 e. The topological polar surface area (TPSA) is 46.5 Å². The van der Waals surface area contributed by atoms with E-state index < -0.39 is 5.97 Å². The van der Waals surface area contributed by atoms with Gasteiger partial charge in [-0.1, -0.05) is 18.6 Å². The minimum absolute atomic E-state index is 0.161. The fourth-order valence-electron chi connectivity index (χ4n) is 2.72. The van der Waals surface area contributed by atoms with Gasteiger partial charge in [0, 0.05) is 0 Å². The number of hydrogen-bond donors (Lipinski definition) is 1. The lowest BCUT2D eigenvalue weighted by molar-refractivity contribution is -0.142. The van der Waals surface area contributed by atoms with Crippen molar-refractivity contribution in [2.45, 2.75) is 45.1 Å². The predicted molar refractivity (Wildman–Crippen MR) is 69.9 cm³/mol. The van der Waals surface area contributed by atoms with Crippen LogP contribution in [0.4, 0.5) is 0 Å². The van der Waals surface area contributed by atoms with E-state index in [1.54, 1.807) is 0 Å². The molecule has 1 aromatic carbocycles. The lowest BCUT2D eigenvalue weighted by Gasteiger charge is -2.17. The van der Waals surface area contributed by atoms with Crippen LogP contribution in [0.2, 0.25) is 0 Å². The number of hydrogen-bond acceptors (Lipinski definition) is 2. The molecule has 1 saturated carbocycles. The normalized spacial score (nSPS) is 23.3. The molecule has 1 N–H and O–H groups in total. The first-order chi connectivity index (χ1) is 8.58. The molecule has 0 radical (unpaired) electrons. The zero-order valence-electron chi connectivity index (χ0n) is 10.9. The Kier molecular flexibility index (Phi) is 3.90. The second-order valence-electron chi connectivity index (χ2n) is 5.22. The van der Waals surface area contributed by atoms with Crippen LogP contribution in [0, 0.1) is 5.92 Å². The third-order valence-corrected chi connectivity index (χ3v) is 3.51. The molecule has 0 aromatic heterocycles. The molecule has 0 bridgehead atoms. The maximum absolute atomic E-state index is 11.2. The lowest BCUT2D eigenvalue weighted by Crippen LogP contribution is -2.16. The standard InChI is InChI=1S/C15H20O3/c1-10(2)18-12-8-6-11(7-9-12)13-4-3-5-14(13)15(16)17/h6-10,13-14H,3-5H2,1-2H3,(H,16,17). The first-order valence-electron chi connectivity index (χ1n) is 6.57. The van der Waals surface area contributed by atoms with Crippen molar-refractivity contribution in [2.24, 2.45) is 5.92 Å². The Hall–Kier alpha value is -1.51. The van der Waals surface area contributed by atoms with Crippen molar-refractivity contribution in [2.75, 3.05) is 0 Å². The highest BCUT2D eigenvalue weighted by Crippen LogP contribution is 2.40. The lowest BCUT2D eigenvalue weighted by atomic mass is 9.89. The summed E-state index contributed by atoms with van der Waals surface area (Å²) in [4.78, 5) is 11.2. The van der Waals surface area contributed by atoms with Crippen LogP contribution >= 0.6 is 0 Å². The molecule has 0 saturated heterocycles. The SMILES string of the molecule is CC(C)Oc1ccc(C2CCCC2C(=O)O)cc1. The molecule has 3 nitrogen and oxygen atoms in total. The Morgan fingerprint density at radius 2 is 1.94 bits per heavy atom. The van der Waals surface area contributed by atoms with Gasteiger partial charge in [0.15, 0.2) is 0 Å². The Morgan fingerprint density at radius 1 is 1.28 bits per heavy atom. The highest BCUT2D eigenvalue weighted by molar-refractivity contribution is 5.71. The monoisotopic (exact) mass is 248 g/mol. The van der Waals surface area contributed by atoms with Crippen molar-refractivity contribution in [3.05, 3.63) is 29.8 Å². The number of carboxylic acid groups (broad SMARTS) is 1. The van der Waals surface area contributed by atoms with Gasteiger partial charge in [0.05, 0.1) is 12.0 Å². The van der Waals surface area contributed by atoms with Gasteiger partial charge in [-0.25, -0.2) is 0 Å². The zero-order valence-corrected chi connectivity index (χ0v) is 10.9. The molecule has 2 atom stereocenters. The molecule has 98 valence electrons. The molecule has 18 heavy (non-hydrogen) atoms. The number of aliphatic carboxylic acids is 1. The molecule has 0 spiro atoms. The van der Waals surface area contributed by atoms with Crippen molar-refractivity contribution >= 4 is 5.97 Å². The number of carbonyl (C=O) groups is 1. The highest BCUT2D eigenvalue weighted by atomic mass is 16.5. The summed E-state index contributed by atoms with van der Waals surface area (Å²) >= 11 is 0. The summed E-state index contributed by atoms with van der Waals surface area (Å²) in [6.07, 6.45) is 2.94. The van der Waals surface area contributed by atoms with Gasteiger partial charge in [-0.2, -0.15) is 0 Å². The fourth-order valence-corrected chi connectivity index (χ4v) is 2.72. The van der Waals surface area contributed by atoms with E-state index in [0.29, 0.717) is 0 Å². The van der Waals surface area contributed by atoms with E-state index in [0.717, 1.165) is 30.6 Å². The van der Waals surface area contributed by atoms with E-state index >= 15 is 0 Å². The smallest absolute Gasteiger partial charge is 0.307 e. The largest absolute Gasteiger partial charge is 0.491 e. The van der Waals surface area contributed by atoms with Crippen molar-refractivity contribution < 1.29 is 14.6 Å². The first kappa shape index (κ1) is 12.9. The average molecular weight is 248 g/mol. The van der Waals surface area contributed by atoms with Gasteiger partial charge in [0.2, 0.25) is 0 Å². The van der Waals surface area contributed by atoms with Crippen molar-refractivity contribution in [3.8, 4) is 5.75 Å². The Labute approximate surface area is 108 Å². The average Bonchev–Trinajstić information content (AvgIpc) is 2.78. The van der Waals surface area contributed by atoms with E-state index in [2.05, 4.69) is 0 Å². The van der Waals surface area contributed by atoms with Crippen molar-refractivity contribution in [3.63, 3.8) is 0 Å². The Balaban J connectivity index is 2.11. The van der Waals surface area contributed by atoms with Gasteiger partial charge < -0.3 is 9.84 Å². The van der Waals surface area contributed by atoms with Crippen molar-refractivity contribution in [1.29, 1.82) is 0 Å². The maximum atomic E-state index is 11.2. The third kappa shape index (κ3) is 2.84. The summed E-state index contributed by atoms with van der Waals surface area (Å²) in [6, 6.07) is 7.88. The van der Waals surface area contributed by atoms with Crippen LogP contribution in [-0.2, 0) is 4.79 Å². The first-order valence-corrected chi connectivity index (χ1v) is 6.57. The molecular weight excluding hydrogens is 228 g/mol. The zero-order chi connectivity index (χ0) is 13.1. The molecule has 1 aromatic rings. The van der Waals surface area contributed by atoms with E-state index in [1.807, 2.05) is 38.1 Å². The van der Waals surface area contributed by atoms with E-state index in [1.165, 1.54) is 0 Å². The molecule has 2 rings (SSSR count). The minimum atomic E-state index is -0.667. The van der Waals surface area contributed by atoms with Gasteiger partial charge in [0.1, 0.15) is 5.75 Å². The minimum Gasteiger partial charge on any atom is -0.491 e. The second kappa shape index (κ2) is 5.42. The van der Waals surface area contributed by atoms with E-state index in [4.69, 9.17) is 4.74 Å². The van der Waals surface area contributed by atoms with Crippen LogP contribution in [-0.4, -0.2) is 17.2 Å². The summed E-state index contributed by atoms with van der Waals surface area (Å²) in [7, 11) is 0. The third-order valence-electron chi connectivity index (χ3n) is 3.51.